The Bertz CT molecular complexity index is 429. The van der Waals surface area contributed by atoms with Crippen molar-refractivity contribution in [3.63, 3.8) is 0 Å². The predicted octanol–water partition coefficient (Wildman–Crippen LogP) is 2.13. The first-order chi connectivity index (χ1) is 8.43. The van der Waals surface area contributed by atoms with Gasteiger partial charge in [0.25, 0.3) is 5.91 Å². The number of aromatic carboxylic acids is 1. The van der Waals surface area contributed by atoms with Crippen LogP contribution >= 0.6 is 11.3 Å². The van der Waals surface area contributed by atoms with Gasteiger partial charge in [0, 0.05) is 17.5 Å². The molecule has 0 aliphatic rings. The summed E-state index contributed by atoms with van der Waals surface area (Å²) in [4.78, 5) is 22.6. The van der Waals surface area contributed by atoms with Gasteiger partial charge in [0.05, 0.1) is 0 Å². The highest BCUT2D eigenvalue weighted by molar-refractivity contribution is 7.12. The number of carboxylic acid groups (broad SMARTS) is 1. The monoisotopic (exact) mass is 271 g/mol. The molecule has 2 unspecified atom stereocenters. The van der Waals surface area contributed by atoms with E-state index in [0.29, 0.717) is 5.75 Å². The van der Waals surface area contributed by atoms with Crippen molar-refractivity contribution < 1.29 is 19.4 Å². The lowest BCUT2D eigenvalue weighted by atomic mass is 10.2. The van der Waals surface area contributed by atoms with E-state index in [4.69, 9.17) is 9.84 Å². The van der Waals surface area contributed by atoms with E-state index in [1.165, 1.54) is 6.07 Å². The van der Waals surface area contributed by atoms with Gasteiger partial charge in [-0.1, -0.05) is 6.92 Å². The van der Waals surface area contributed by atoms with Crippen molar-refractivity contribution in [3.05, 3.63) is 16.3 Å². The maximum atomic E-state index is 11.7. The van der Waals surface area contributed by atoms with Gasteiger partial charge in [-0.2, -0.15) is 0 Å². The summed E-state index contributed by atoms with van der Waals surface area (Å²) in [6, 6.07) is 1.51. The molecule has 0 saturated carbocycles. The molecule has 0 radical (unpaired) electrons. The molecule has 5 nitrogen and oxygen atoms in total. The lowest BCUT2D eigenvalue weighted by Crippen LogP contribution is -2.40. The van der Waals surface area contributed by atoms with E-state index in [0.717, 1.165) is 17.8 Å². The van der Waals surface area contributed by atoms with Crippen LogP contribution in [0.25, 0.3) is 0 Å². The van der Waals surface area contributed by atoms with E-state index < -0.39 is 12.1 Å². The van der Waals surface area contributed by atoms with E-state index in [2.05, 4.69) is 5.32 Å². The van der Waals surface area contributed by atoms with Gasteiger partial charge in [0.2, 0.25) is 0 Å². The maximum absolute atomic E-state index is 11.7. The Balaban J connectivity index is 2.55. The highest BCUT2D eigenvalue weighted by Crippen LogP contribution is 2.22. The number of hydrogen-bond donors (Lipinski definition) is 2. The number of carbonyl (C=O) groups is 2. The van der Waals surface area contributed by atoms with Gasteiger partial charge >= 0.3 is 5.97 Å². The van der Waals surface area contributed by atoms with Crippen LogP contribution in [0.3, 0.4) is 0 Å². The van der Waals surface area contributed by atoms with Crippen LogP contribution in [0.15, 0.2) is 11.4 Å². The fourth-order valence-electron chi connectivity index (χ4n) is 1.21. The number of amides is 1. The minimum absolute atomic E-state index is 0.0978. The standard InChI is InChI=1S/C12H17NO4S/c1-4-7(2)13-11(14)8(3)17-9-5-10(12(15)16)18-6-9/h5-8H,4H2,1-3H3,(H,13,14)(H,15,16). The van der Waals surface area contributed by atoms with Gasteiger partial charge in [0.1, 0.15) is 10.6 Å². The summed E-state index contributed by atoms with van der Waals surface area (Å²) in [5.74, 6) is -0.789. The molecule has 6 heteroatoms. The van der Waals surface area contributed by atoms with Crippen LogP contribution in [0.1, 0.15) is 36.9 Å². The molecular weight excluding hydrogens is 254 g/mol. The molecule has 18 heavy (non-hydrogen) atoms. The zero-order chi connectivity index (χ0) is 13.7. The van der Waals surface area contributed by atoms with Crippen LogP contribution in [0.4, 0.5) is 0 Å². The normalized spacial score (nSPS) is 13.7. The SMILES string of the molecule is CCC(C)NC(=O)C(C)Oc1csc(C(=O)O)c1. The Hall–Kier alpha value is -1.56. The molecule has 1 amide bonds. The zero-order valence-corrected chi connectivity index (χ0v) is 11.4. The minimum Gasteiger partial charge on any atom is -0.480 e. The summed E-state index contributed by atoms with van der Waals surface area (Å²) in [6.45, 7) is 5.53. The third-order valence-corrected chi connectivity index (χ3v) is 3.37. The number of rotatable bonds is 6. The quantitative estimate of drug-likeness (QED) is 0.831. The lowest BCUT2D eigenvalue weighted by molar-refractivity contribution is -0.127. The fourth-order valence-corrected chi connectivity index (χ4v) is 1.86. The fraction of sp³-hybridized carbons (Fsp3) is 0.500. The molecule has 0 bridgehead atoms. The highest BCUT2D eigenvalue weighted by Gasteiger charge is 2.17. The van der Waals surface area contributed by atoms with E-state index in [-0.39, 0.29) is 16.8 Å². The Morgan fingerprint density at radius 2 is 2.17 bits per heavy atom. The first-order valence-electron chi connectivity index (χ1n) is 5.72. The van der Waals surface area contributed by atoms with Gasteiger partial charge < -0.3 is 15.2 Å². The number of hydrogen-bond acceptors (Lipinski definition) is 4. The molecule has 1 aromatic rings. The second kappa shape index (κ2) is 6.39. The molecule has 0 saturated heterocycles. The molecule has 1 heterocycles. The average Bonchev–Trinajstić information content (AvgIpc) is 2.77. The van der Waals surface area contributed by atoms with Crippen LogP contribution in [-0.2, 0) is 4.79 Å². The second-order valence-corrected chi connectivity index (χ2v) is 4.94. The number of thiophene rings is 1. The summed E-state index contributed by atoms with van der Waals surface area (Å²) in [6.07, 6.45) is 0.204. The highest BCUT2D eigenvalue weighted by atomic mass is 32.1. The molecule has 1 rings (SSSR count). The Morgan fingerprint density at radius 1 is 1.50 bits per heavy atom. The van der Waals surface area contributed by atoms with Crippen molar-refractivity contribution in [1.29, 1.82) is 0 Å². The van der Waals surface area contributed by atoms with Gasteiger partial charge in [0.15, 0.2) is 6.10 Å². The van der Waals surface area contributed by atoms with Crippen LogP contribution in [0.5, 0.6) is 5.75 Å². The van der Waals surface area contributed by atoms with E-state index in [1.54, 1.807) is 12.3 Å². The third-order valence-electron chi connectivity index (χ3n) is 2.47. The summed E-state index contributed by atoms with van der Waals surface area (Å²) in [5.41, 5.74) is 0. The number of ether oxygens (including phenoxy) is 1. The Labute approximate surface area is 110 Å². The molecule has 100 valence electrons. The summed E-state index contributed by atoms with van der Waals surface area (Å²) < 4.78 is 5.39. The topological polar surface area (TPSA) is 75.6 Å². The molecule has 0 aromatic carbocycles. The van der Waals surface area contributed by atoms with Crippen molar-refractivity contribution in [1.82, 2.24) is 5.32 Å². The van der Waals surface area contributed by atoms with Gasteiger partial charge in [-0.15, -0.1) is 11.3 Å². The van der Waals surface area contributed by atoms with Gasteiger partial charge in [-0.05, 0) is 20.3 Å². The van der Waals surface area contributed by atoms with E-state index in [9.17, 15) is 9.59 Å². The predicted molar refractivity (Wildman–Crippen MR) is 69.3 cm³/mol. The first kappa shape index (κ1) is 14.5. The third kappa shape index (κ3) is 4.03. The van der Waals surface area contributed by atoms with Crippen molar-refractivity contribution in [2.75, 3.05) is 0 Å². The van der Waals surface area contributed by atoms with Crippen molar-refractivity contribution in [3.8, 4) is 5.75 Å². The second-order valence-electron chi connectivity index (χ2n) is 4.03. The van der Waals surface area contributed by atoms with Crippen LogP contribution in [0.2, 0.25) is 0 Å². The van der Waals surface area contributed by atoms with Gasteiger partial charge in [-0.25, -0.2) is 4.79 Å². The average molecular weight is 271 g/mol. The summed E-state index contributed by atoms with van der Waals surface area (Å²) >= 11 is 1.07. The van der Waals surface area contributed by atoms with Crippen LogP contribution in [-0.4, -0.2) is 29.1 Å². The molecule has 1 aromatic heterocycles. The van der Waals surface area contributed by atoms with E-state index in [1.807, 2.05) is 13.8 Å². The number of carbonyl (C=O) groups excluding carboxylic acids is 1. The first-order valence-corrected chi connectivity index (χ1v) is 6.60. The molecule has 0 fully saturated rings. The number of nitrogens with one attached hydrogen (secondary N) is 1. The summed E-state index contributed by atoms with van der Waals surface area (Å²) in [7, 11) is 0. The Kier molecular flexibility index (Phi) is 5.15. The number of carboxylic acids is 1. The Morgan fingerprint density at radius 3 is 2.67 bits per heavy atom. The summed E-state index contributed by atoms with van der Waals surface area (Å²) in [5, 5.41) is 13.2. The van der Waals surface area contributed by atoms with Crippen molar-refractivity contribution >= 4 is 23.2 Å². The lowest BCUT2D eigenvalue weighted by Gasteiger charge is -2.16. The van der Waals surface area contributed by atoms with Crippen molar-refractivity contribution in [2.45, 2.75) is 39.3 Å². The molecule has 2 atom stereocenters. The van der Waals surface area contributed by atoms with E-state index >= 15 is 0 Å². The zero-order valence-electron chi connectivity index (χ0n) is 10.6. The largest absolute Gasteiger partial charge is 0.480 e. The molecular formula is C12H17NO4S. The molecule has 0 aliphatic heterocycles. The molecule has 0 spiro atoms. The maximum Gasteiger partial charge on any atom is 0.346 e. The molecule has 2 N–H and O–H groups in total. The minimum atomic E-state index is -0.994. The van der Waals surface area contributed by atoms with Crippen LogP contribution < -0.4 is 10.1 Å². The van der Waals surface area contributed by atoms with Crippen LogP contribution in [0, 0.1) is 0 Å². The van der Waals surface area contributed by atoms with Crippen molar-refractivity contribution in [2.24, 2.45) is 0 Å². The smallest absolute Gasteiger partial charge is 0.346 e. The molecule has 0 aliphatic carbocycles. The van der Waals surface area contributed by atoms with Gasteiger partial charge in [-0.3, -0.25) is 4.79 Å².